The van der Waals surface area contributed by atoms with Gasteiger partial charge in [0.15, 0.2) is 0 Å². The Morgan fingerprint density at radius 3 is 2.20 bits per heavy atom. The summed E-state index contributed by atoms with van der Waals surface area (Å²) < 4.78 is 16.3. The lowest BCUT2D eigenvalue weighted by Crippen LogP contribution is -2.29. The SMILES string of the molecule is C=CC(=O)OCCCCCCOc1ccc(CC(=O)C2CCC(C(=O)Oc3ccc(CC=O)cc3C=N)CC2)cc1. The molecule has 41 heavy (non-hydrogen) atoms. The standard InChI is InChI=1S/C33H39NO7/c1-2-32(37)40-20-6-4-3-5-19-39-29-14-7-24(8-15-29)22-30(36)26-10-12-27(13-11-26)33(38)41-31-16-9-25(17-18-35)21-28(31)23-34/h2,7-9,14-16,18,21,23,26-27,34H,1,3-6,10-13,17,19-20,22H2. The van der Waals surface area contributed by atoms with E-state index in [1.165, 1.54) is 6.08 Å². The predicted molar refractivity (Wildman–Crippen MR) is 155 cm³/mol. The average Bonchev–Trinajstić information content (AvgIpc) is 3.00. The van der Waals surface area contributed by atoms with E-state index in [0.29, 0.717) is 56.6 Å². The first-order valence-electron chi connectivity index (χ1n) is 14.3. The highest BCUT2D eigenvalue weighted by Gasteiger charge is 2.31. The molecule has 1 aliphatic rings. The van der Waals surface area contributed by atoms with Crippen LogP contribution in [0.25, 0.3) is 0 Å². The van der Waals surface area contributed by atoms with Gasteiger partial charge in [0.2, 0.25) is 0 Å². The number of hydrogen-bond donors (Lipinski definition) is 1. The van der Waals surface area contributed by atoms with Crippen LogP contribution in [0.4, 0.5) is 0 Å². The van der Waals surface area contributed by atoms with Crippen molar-refractivity contribution in [2.75, 3.05) is 13.2 Å². The number of unbranched alkanes of at least 4 members (excludes halogenated alkanes) is 3. The Bertz CT molecular complexity index is 1200. The Kier molecular flexibility index (Phi) is 13.0. The second-order valence-electron chi connectivity index (χ2n) is 10.3. The van der Waals surface area contributed by atoms with Crippen molar-refractivity contribution in [2.45, 2.75) is 64.2 Å². The molecule has 2 aromatic rings. The van der Waals surface area contributed by atoms with Crippen LogP contribution in [0.15, 0.2) is 55.1 Å². The van der Waals surface area contributed by atoms with Gasteiger partial charge in [0.25, 0.3) is 0 Å². The maximum atomic E-state index is 12.9. The Labute approximate surface area is 241 Å². The molecule has 0 bridgehead atoms. The summed E-state index contributed by atoms with van der Waals surface area (Å²) in [5.41, 5.74) is 2.15. The predicted octanol–water partition coefficient (Wildman–Crippen LogP) is 5.62. The fourth-order valence-corrected chi connectivity index (χ4v) is 4.90. The van der Waals surface area contributed by atoms with Crippen LogP contribution in [0.3, 0.4) is 0 Å². The number of aldehydes is 1. The molecule has 0 aliphatic heterocycles. The molecule has 0 heterocycles. The van der Waals surface area contributed by atoms with E-state index in [9.17, 15) is 19.2 Å². The monoisotopic (exact) mass is 561 g/mol. The summed E-state index contributed by atoms with van der Waals surface area (Å²) in [5.74, 6) is 0.180. The Morgan fingerprint density at radius 1 is 0.878 bits per heavy atom. The van der Waals surface area contributed by atoms with E-state index in [-0.39, 0.29) is 36.0 Å². The molecule has 0 unspecified atom stereocenters. The first-order chi connectivity index (χ1) is 19.9. The molecular formula is C33H39NO7. The molecule has 0 saturated heterocycles. The molecule has 1 saturated carbocycles. The summed E-state index contributed by atoms with van der Waals surface area (Å²) in [6.07, 6.45) is 9.80. The minimum Gasteiger partial charge on any atom is -0.494 e. The molecule has 218 valence electrons. The van der Waals surface area contributed by atoms with Crippen molar-refractivity contribution in [2.24, 2.45) is 11.8 Å². The fraction of sp³-hybridized carbons (Fsp3) is 0.424. The molecule has 1 aliphatic carbocycles. The van der Waals surface area contributed by atoms with Crippen LogP contribution < -0.4 is 9.47 Å². The van der Waals surface area contributed by atoms with Gasteiger partial charge in [0.05, 0.1) is 19.1 Å². The zero-order chi connectivity index (χ0) is 29.5. The van der Waals surface area contributed by atoms with Crippen molar-refractivity contribution in [1.29, 1.82) is 5.41 Å². The van der Waals surface area contributed by atoms with Crippen molar-refractivity contribution in [3.8, 4) is 11.5 Å². The second kappa shape index (κ2) is 16.9. The van der Waals surface area contributed by atoms with Gasteiger partial charge in [-0.2, -0.15) is 0 Å². The molecule has 8 nitrogen and oxygen atoms in total. The van der Waals surface area contributed by atoms with Gasteiger partial charge in [-0.15, -0.1) is 0 Å². The normalized spacial score (nSPS) is 16.3. The third kappa shape index (κ3) is 10.4. The molecule has 0 atom stereocenters. The maximum absolute atomic E-state index is 12.9. The topological polar surface area (TPSA) is 120 Å². The van der Waals surface area contributed by atoms with Gasteiger partial charge >= 0.3 is 11.9 Å². The lowest BCUT2D eigenvalue weighted by Gasteiger charge is -2.26. The van der Waals surface area contributed by atoms with Crippen molar-refractivity contribution in [3.63, 3.8) is 0 Å². The van der Waals surface area contributed by atoms with Crippen LogP contribution in [0.5, 0.6) is 11.5 Å². The molecule has 0 amide bonds. The van der Waals surface area contributed by atoms with Crippen molar-refractivity contribution >= 4 is 30.2 Å². The zero-order valence-corrected chi connectivity index (χ0v) is 23.5. The van der Waals surface area contributed by atoms with Gasteiger partial charge in [-0.3, -0.25) is 9.59 Å². The molecular weight excluding hydrogens is 522 g/mol. The molecule has 0 radical (unpaired) electrons. The highest BCUT2D eigenvalue weighted by Crippen LogP contribution is 2.32. The zero-order valence-electron chi connectivity index (χ0n) is 23.5. The lowest BCUT2D eigenvalue weighted by atomic mass is 9.79. The Balaban J connectivity index is 1.35. The third-order valence-corrected chi connectivity index (χ3v) is 7.30. The highest BCUT2D eigenvalue weighted by atomic mass is 16.5. The van der Waals surface area contributed by atoms with E-state index in [1.54, 1.807) is 18.2 Å². The van der Waals surface area contributed by atoms with Crippen molar-refractivity contribution in [1.82, 2.24) is 0 Å². The van der Waals surface area contributed by atoms with E-state index in [2.05, 4.69) is 6.58 Å². The largest absolute Gasteiger partial charge is 0.494 e. The summed E-state index contributed by atoms with van der Waals surface area (Å²) in [6.45, 7) is 4.38. The van der Waals surface area contributed by atoms with E-state index >= 15 is 0 Å². The van der Waals surface area contributed by atoms with Crippen LogP contribution >= 0.6 is 0 Å². The quantitative estimate of drug-likeness (QED) is 0.0665. The van der Waals surface area contributed by atoms with Crippen LogP contribution in [-0.4, -0.2) is 43.4 Å². The fourth-order valence-electron chi connectivity index (χ4n) is 4.90. The van der Waals surface area contributed by atoms with Crippen molar-refractivity contribution < 1.29 is 33.4 Å². The van der Waals surface area contributed by atoms with E-state index in [4.69, 9.17) is 19.6 Å². The second-order valence-corrected chi connectivity index (χ2v) is 10.3. The smallest absolute Gasteiger partial charge is 0.330 e. The van der Waals surface area contributed by atoms with Crippen molar-refractivity contribution in [3.05, 3.63) is 71.8 Å². The highest BCUT2D eigenvalue weighted by molar-refractivity contribution is 5.86. The molecule has 1 N–H and O–H groups in total. The van der Waals surface area contributed by atoms with Crippen LogP contribution in [0, 0.1) is 17.2 Å². The number of rotatable bonds is 17. The lowest BCUT2D eigenvalue weighted by molar-refractivity contribution is -0.141. The third-order valence-electron chi connectivity index (χ3n) is 7.30. The van der Waals surface area contributed by atoms with Crippen LogP contribution in [0.1, 0.15) is 68.1 Å². The number of esters is 2. The molecule has 1 fully saturated rings. The Hall–Kier alpha value is -4.07. The number of benzene rings is 2. The number of carbonyl (C=O) groups excluding carboxylic acids is 4. The Morgan fingerprint density at radius 2 is 1.54 bits per heavy atom. The molecule has 2 aromatic carbocycles. The molecule has 0 spiro atoms. The number of hydrogen-bond acceptors (Lipinski definition) is 8. The van der Waals surface area contributed by atoms with E-state index in [0.717, 1.165) is 55.1 Å². The maximum Gasteiger partial charge on any atom is 0.330 e. The number of Topliss-reactive ketones (excluding diaryl/α,β-unsaturated/α-hetero) is 1. The summed E-state index contributed by atoms with van der Waals surface area (Å²) in [7, 11) is 0. The average molecular weight is 562 g/mol. The number of nitrogens with one attached hydrogen (secondary N) is 1. The first kappa shape index (κ1) is 31.5. The molecule has 0 aromatic heterocycles. The van der Waals surface area contributed by atoms with Crippen LogP contribution in [-0.2, 0) is 36.8 Å². The van der Waals surface area contributed by atoms with Crippen LogP contribution in [0.2, 0.25) is 0 Å². The summed E-state index contributed by atoms with van der Waals surface area (Å²) in [4.78, 5) is 47.4. The van der Waals surface area contributed by atoms with Gasteiger partial charge < -0.3 is 24.4 Å². The number of ketones is 1. The van der Waals surface area contributed by atoms with E-state index in [1.807, 2.05) is 24.3 Å². The molecule has 8 heteroatoms. The van der Waals surface area contributed by atoms with Gasteiger partial charge in [0.1, 0.15) is 23.6 Å². The van der Waals surface area contributed by atoms with Gasteiger partial charge in [-0.1, -0.05) is 24.8 Å². The van der Waals surface area contributed by atoms with E-state index < -0.39 is 0 Å². The number of carbonyl (C=O) groups is 4. The minimum atomic E-state index is -0.390. The first-order valence-corrected chi connectivity index (χ1v) is 14.3. The van der Waals surface area contributed by atoms with Gasteiger partial charge in [-0.05, 0) is 86.8 Å². The summed E-state index contributed by atoms with van der Waals surface area (Å²) >= 11 is 0. The summed E-state index contributed by atoms with van der Waals surface area (Å²) in [6, 6.07) is 12.6. The number of ether oxygens (including phenoxy) is 3. The molecule has 3 rings (SSSR count). The van der Waals surface area contributed by atoms with Gasteiger partial charge in [-0.25, -0.2) is 4.79 Å². The summed E-state index contributed by atoms with van der Waals surface area (Å²) in [5, 5.41) is 7.60. The minimum absolute atomic E-state index is 0.0740. The van der Waals surface area contributed by atoms with Gasteiger partial charge in [0, 0.05) is 36.6 Å².